The lowest BCUT2D eigenvalue weighted by Crippen LogP contribution is -2.16. The van der Waals surface area contributed by atoms with Gasteiger partial charge in [-0.05, 0) is 36.1 Å². The fourth-order valence-corrected chi connectivity index (χ4v) is 3.02. The maximum absolute atomic E-state index is 12.3. The van der Waals surface area contributed by atoms with E-state index in [0.29, 0.717) is 11.3 Å². The summed E-state index contributed by atoms with van der Waals surface area (Å²) in [6.07, 6.45) is 1.98. The SMILES string of the molecule is CSc1ccc(C(=O)COC(=O)Cc2ccc(Br)cc2)cc1NC(C)=O. The minimum absolute atomic E-state index is 0.100. The fraction of sp³-hybridized carbons (Fsp3) is 0.211. The molecule has 0 fully saturated rings. The second-order valence-corrected chi connectivity index (χ2v) is 7.25. The monoisotopic (exact) mass is 435 g/mol. The molecule has 26 heavy (non-hydrogen) atoms. The van der Waals surface area contributed by atoms with Crippen molar-refractivity contribution < 1.29 is 19.1 Å². The Balaban J connectivity index is 1.97. The lowest BCUT2D eigenvalue weighted by Gasteiger charge is -2.10. The number of rotatable bonds is 7. The Hall–Kier alpha value is -2.12. The zero-order chi connectivity index (χ0) is 19.1. The van der Waals surface area contributed by atoms with Crippen LogP contribution in [0.1, 0.15) is 22.8 Å². The van der Waals surface area contributed by atoms with Crippen LogP contribution in [0.4, 0.5) is 5.69 Å². The lowest BCUT2D eigenvalue weighted by molar-refractivity contribution is -0.141. The number of ketones is 1. The molecule has 0 aliphatic carbocycles. The molecule has 5 nitrogen and oxygen atoms in total. The van der Waals surface area contributed by atoms with E-state index < -0.39 is 5.97 Å². The third kappa shape index (κ3) is 6.00. The van der Waals surface area contributed by atoms with Crippen molar-refractivity contribution in [3.05, 3.63) is 58.1 Å². The number of halogens is 1. The van der Waals surface area contributed by atoms with Crippen molar-refractivity contribution in [2.45, 2.75) is 18.2 Å². The molecule has 0 bridgehead atoms. The normalized spacial score (nSPS) is 10.3. The van der Waals surface area contributed by atoms with Crippen molar-refractivity contribution in [3.63, 3.8) is 0 Å². The van der Waals surface area contributed by atoms with Gasteiger partial charge in [0.05, 0.1) is 12.1 Å². The lowest BCUT2D eigenvalue weighted by atomic mass is 10.1. The molecular weight excluding hydrogens is 418 g/mol. The number of thioether (sulfide) groups is 1. The number of benzene rings is 2. The average Bonchev–Trinajstić information content (AvgIpc) is 2.61. The molecule has 0 saturated heterocycles. The number of Topliss-reactive ketones (excluding diaryl/α,β-unsaturated/α-hetero) is 1. The van der Waals surface area contributed by atoms with E-state index in [1.165, 1.54) is 18.7 Å². The zero-order valence-electron chi connectivity index (χ0n) is 14.4. The number of ether oxygens (including phenoxy) is 1. The molecule has 0 unspecified atom stereocenters. The predicted molar refractivity (Wildman–Crippen MR) is 106 cm³/mol. The summed E-state index contributed by atoms with van der Waals surface area (Å²) < 4.78 is 6.00. The van der Waals surface area contributed by atoms with Gasteiger partial charge >= 0.3 is 5.97 Å². The van der Waals surface area contributed by atoms with Crippen LogP contribution < -0.4 is 5.32 Å². The summed E-state index contributed by atoms with van der Waals surface area (Å²) in [5, 5.41) is 2.70. The minimum atomic E-state index is -0.469. The molecule has 2 rings (SSSR count). The number of nitrogens with one attached hydrogen (secondary N) is 1. The molecule has 136 valence electrons. The summed E-state index contributed by atoms with van der Waals surface area (Å²) in [5.74, 6) is -1.01. The number of hydrogen-bond donors (Lipinski definition) is 1. The van der Waals surface area contributed by atoms with E-state index in [-0.39, 0.29) is 24.7 Å². The number of hydrogen-bond acceptors (Lipinski definition) is 5. The first-order valence-corrected chi connectivity index (χ1v) is 9.79. The van der Waals surface area contributed by atoms with E-state index in [1.807, 2.05) is 30.5 Å². The largest absolute Gasteiger partial charge is 0.457 e. The molecule has 0 aliphatic heterocycles. The van der Waals surface area contributed by atoms with Crippen molar-refractivity contribution in [2.75, 3.05) is 18.2 Å². The van der Waals surface area contributed by atoms with Crippen LogP contribution in [0.2, 0.25) is 0 Å². The Bertz CT molecular complexity index is 821. The molecule has 7 heteroatoms. The van der Waals surface area contributed by atoms with Crippen molar-refractivity contribution >= 4 is 51.0 Å². The van der Waals surface area contributed by atoms with E-state index in [9.17, 15) is 14.4 Å². The second kappa shape index (κ2) is 9.54. The highest BCUT2D eigenvalue weighted by Gasteiger charge is 2.13. The van der Waals surface area contributed by atoms with Crippen molar-refractivity contribution in [2.24, 2.45) is 0 Å². The van der Waals surface area contributed by atoms with E-state index in [2.05, 4.69) is 21.2 Å². The first-order chi connectivity index (χ1) is 12.4. The topological polar surface area (TPSA) is 72.5 Å². The summed E-state index contributed by atoms with van der Waals surface area (Å²) in [4.78, 5) is 36.3. The summed E-state index contributed by atoms with van der Waals surface area (Å²) in [5.41, 5.74) is 1.75. The maximum Gasteiger partial charge on any atom is 0.310 e. The summed E-state index contributed by atoms with van der Waals surface area (Å²) in [7, 11) is 0. The molecule has 0 aromatic heterocycles. The van der Waals surface area contributed by atoms with Crippen LogP contribution >= 0.6 is 27.7 Å². The van der Waals surface area contributed by atoms with Gasteiger partial charge in [-0.25, -0.2) is 0 Å². The molecule has 2 aromatic carbocycles. The predicted octanol–water partition coefficient (Wildman–Crippen LogP) is 4.10. The number of amides is 1. The number of anilines is 1. The smallest absolute Gasteiger partial charge is 0.310 e. The molecular formula is C19H18BrNO4S. The van der Waals surface area contributed by atoms with Crippen LogP contribution in [-0.2, 0) is 20.7 Å². The van der Waals surface area contributed by atoms with Gasteiger partial charge < -0.3 is 10.1 Å². The Kier molecular flexibility index (Phi) is 7.41. The van der Waals surface area contributed by atoms with Crippen LogP contribution in [0.5, 0.6) is 0 Å². The van der Waals surface area contributed by atoms with Gasteiger partial charge in [-0.3, -0.25) is 14.4 Å². The van der Waals surface area contributed by atoms with Crippen LogP contribution in [0.25, 0.3) is 0 Å². The summed E-state index contributed by atoms with van der Waals surface area (Å²) in [6, 6.07) is 12.3. The van der Waals surface area contributed by atoms with E-state index in [1.54, 1.807) is 18.2 Å². The molecule has 1 amide bonds. The Morgan fingerprint density at radius 3 is 2.42 bits per heavy atom. The van der Waals surface area contributed by atoms with E-state index in [4.69, 9.17) is 4.74 Å². The number of esters is 1. The second-order valence-electron chi connectivity index (χ2n) is 5.48. The first-order valence-electron chi connectivity index (χ1n) is 7.78. The maximum atomic E-state index is 12.3. The van der Waals surface area contributed by atoms with Gasteiger partial charge in [0.2, 0.25) is 5.91 Å². The molecule has 0 heterocycles. The molecule has 0 radical (unpaired) electrons. The highest BCUT2D eigenvalue weighted by atomic mass is 79.9. The fourth-order valence-electron chi connectivity index (χ4n) is 2.22. The van der Waals surface area contributed by atoms with Gasteiger partial charge in [-0.1, -0.05) is 34.1 Å². The van der Waals surface area contributed by atoms with Crippen molar-refractivity contribution in [1.29, 1.82) is 0 Å². The Morgan fingerprint density at radius 1 is 1.12 bits per heavy atom. The molecule has 0 spiro atoms. The molecule has 0 aliphatic rings. The van der Waals surface area contributed by atoms with Gasteiger partial charge in [0.1, 0.15) is 0 Å². The molecule has 0 saturated carbocycles. The third-order valence-electron chi connectivity index (χ3n) is 3.46. The van der Waals surface area contributed by atoms with Gasteiger partial charge in [0, 0.05) is 21.9 Å². The minimum Gasteiger partial charge on any atom is -0.457 e. The Morgan fingerprint density at radius 2 is 1.81 bits per heavy atom. The highest BCUT2D eigenvalue weighted by Crippen LogP contribution is 2.26. The third-order valence-corrected chi connectivity index (χ3v) is 4.78. The molecule has 2 aromatic rings. The van der Waals surface area contributed by atoms with Gasteiger partial charge in [-0.2, -0.15) is 0 Å². The summed E-state index contributed by atoms with van der Waals surface area (Å²) in [6.45, 7) is 1.07. The summed E-state index contributed by atoms with van der Waals surface area (Å²) >= 11 is 4.79. The average molecular weight is 436 g/mol. The van der Waals surface area contributed by atoms with Gasteiger partial charge in [0.15, 0.2) is 12.4 Å². The standard InChI is InChI=1S/C19H18BrNO4S/c1-12(22)21-16-10-14(5-8-18(16)26-2)17(23)11-25-19(24)9-13-3-6-15(20)7-4-13/h3-8,10H,9,11H2,1-2H3,(H,21,22). The van der Waals surface area contributed by atoms with Crippen LogP contribution in [-0.4, -0.2) is 30.5 Å². The highest BCUT2D eigenvalue weighted by molar-refractivity contribution is 9.10. The van der Waals surface area contributed by atoms with E-state index >= 15 is 0 Å². The quantitative estimate of drug-likeness (QED) is 0.402. The van der Waals surface area contributed by atoms with Gasteiger partial charge in [-0.15, -0.1) is 11.8 Å². The molecule has 0 atom stereocenters. The van der Waals surface area contributed by atoms with Gasteiger partial charge in [0.25, 0.3) is 0 Å². The Labute approximate surface area is 164 Å². The van der Waals surface area contributed by atoms with Crippen LogP contribution in [0.15, 0.2) is 51.8 Å². The van der Waals surface area contributed by atoms with Crippen molar-refractivity contribution in [1.82, 2.24) is 0 Å². The first kappa shape index (κ1) is 20.2. The van der Waals surface area contributed by atoms with Crippen LogP contribution in [0.3, 0.4) is 0 Å². The number of carbonyl (C=O) groups is 3. The molecule has 1 N–H and O–H groups in total. The number of carbonyl (C=O) groups excluding carboxylic acids is 3. The van der Waals surface area contributed by atoms with E-state index in [0.717, 1.165) is 14.9 Å². The zero-order valence-corrected chi connectivity index (χ0v) is 16.8. The van der Waals surface area contributed by atoms with Crippen molar-refractivity contribution in [3.8, 4) is 0 Å². The van der Waals surface area contributed by atoms with Crippen LogP contribution in [0, 0.1) is 0 Å².